The van der Waals surface area contributed by atoms with Crippen LogP contribution >= 0.6 is 0 Å². The molecule has 2 aromatic rings. The lowest BCUT2D eigenvalue weighted by Crippen LogP contribution is -2.32. The highest BCUT2D eigenvalue weighted by Crippen LogP contribution is 2.23. The van der Waals surface area contributed by atoms with Crippen LogP contribution in [-0.4, -0.2) is 0 Å². The number of rotatable bonds is 2. The maximum absolute atomic E-state index is 8.41. The van der Waals surface area contributed by atoms with Crippen molar-refractivity contribution in [2.24, 2.45) is 12.5 Å². The van der Waals surface area contributed by atoms with Gasteiger partial charge >= 0.3 is 0 Å². The third kappa shape index (κ3) is 3.47. The first kappa shape index (κ1) is 12.1. The first-order valence-electron chi connectivity index (χ1n) is 8.12. The average Bonchev–Trinajstić information content (AvgIpc) is 2.38. The molecular formula is C19H26N+. The second-order valence-electron chi connectivity index (χ2n) is 6.61. The van der Waals surface area contributed by atoms with Gasteiger partial charge in [-0.05, 0) is 43.3 Å². The fourth-order valence-corrected chi connectivity index (χ4v) is 2.50. The molecule has 1 nitrogen and oxygen atoms in total. The zero-order chi connectivity index (χ0) is 16.7. The largest absolute Gasteiger partial charge is 0.212 e. The van der Waals surface area contributed by atoms with E-state index >= 15 is 0 Å². The maximum atomic E-state index is 8.41. The van der Waals surface area contributed by atoms with Gasteiger partial charge in [0.05, 0.1) is 0 Å². The van der Waals surface area contributed by atoms with Crippen molar-refractivity contribution in [3.8, 4) is 11.3 Å². The van der Waals surface area contributed by atoms with Gasteiger partial charge in [-0.1, -0.05) is 38.5 Å². The van der Waals surface area contributed by atoms with Gasteiger partial charge in [0.25, 0.3) is 0 Å². The van der Waals surface area contributed by atoms with E-state index in [4.69, 9.17) is 2.74 Å². The van der Waals surface area contributed by atoms with Crippen LogP contribution in [0.2, 0.25) is 0 Å². The molecule has 0 amide bonds. The third-order valence-electron chi connectivity index (χ3n) is 3.31. The summed E-state index contributed by atoms with van der Waals surface area (Å²) in [6.45, 7) is 10.0. The average molecular weight is 270 g/mol. The van der Waals surface area contributed by atoms with E-state index in [-0.39, 0.29) is 0 Å². The zero-order valence-electron chi connectivity index (χ0n) is 15.4. The van der Waals surface area contributed by atoms with E-state index in [9.17, 15) is 0 Å². The molecule has 0 bridgehead atoms. The monoisotopic (exact) mass is 270 g/mol. The van der Waals surface area contributed by atoms with Crippen molar-refractivity contribution in [2.75, 3.05) is 0 Å². The standard InChI is InChI=1S/C19H26N/c1-14-7-9-17(15(2)11-14)18-10-8-16(13-20(18)6)12-19(3,4)5/h7-11,13H,12H2,1-6H3/q+1/i12D2. The molecule has 0 fully saturated rings. The second-order valence-corrected chi connectivity index (χ2v) is 6.61. The Morgan fingerprint density at radius 2 is 1.80 bits per heavy atom. The smallest absolute Gasteiger partial charge is 0.201 e. The van der Waals surface area contributed by atoms with E-state index in [1.54, 1.807) is 0 Å². The number of aromatic nitrogens is 1. The molecule has 106 valence electrons. The zero-order valence-corrected chi connectivity index (χ0v) is 13.4. The van der Waals surface area contributed by atoms with Crippen molar-refractivity contribution in [2.45, 2.75) is 41.0 Å². The van der Waals surface area contributed by atoms with Crippen molar-refractivity contribution in [3.63, 3.8) is 0 Å². The lowest BCUT2D eigenvalue weighted by atomic mass is 9.88. The van der Waals surface area contributed by atoms with Gasteiger partial charge in [-0.2, -0.15) is 0 Å². The fraction of sp³-hybridized carbons (Fsp3) is 0.421. The highest BCUT2D eigenvalue weighted by atomic mass is 14.9. The lowest BCUT2D eigenvalue weighted by Gasteiger charge is -2.17. The predicted molar refractivity (Wildman–Crippen MR) is 85.7 cm³/mol. The molecule has 0 saturated carbocycles. The molecule has 20 heavy (non-hydrogen) atoms. The summed E-state index contributed by atoms with van der Waals surface area (Å²) in [7, 11) is 1.98. The molecule has 1 aromatic heterocycles. The summed E-state index contributed by atoms with van der Waals surface area (Å²) >= 11 is 0. The molecule has 0 radical (unpaired) electrons. The van der Waals surface area contributed by atoms with Crippen LogP contribution in [0.3, 0.4) is 0 Å². The van der Waals surface area contributed by atoms with E-state index < -0.39 is 11.8 Å². The van der Waals surface area contributed by atoms with Crippen LogP contribution in [0.4, 0.5) is 0 Å². The number of benzene rings is 1. The minimum Gasteiger partial charge on any atom is -0.201 e. The Kier molecular flexibility index (Phi) is 3.27. The second kappa shape index (κ2) is 5.40. The molecule has 0 atom stereocenters. The predicted octanol–water partition coefficient (Wildman–Crippen LogP) is 4.38. The molecule has 1 heterocycles. The minimum atomic E-state index is -1.37. The number of hydrogen-bond acceptors (Lipinski definition) is 0. The van der Waals surface area contributed by atoms with Crippen molar-refractivity contribution in [1.29, 1.82) is 0 Å². The summed E-state index contributed by atoms with van der Waals surface area (Å²) in [4.78, 5) is 0. The Morgan fingerprint density at radius 1 is 1.10 bits per heavy atom. The Bertz CT molecular complexity index is 697. The molecule has 1 heteroatoms. The van der Waals surface area contributed by atoms with E-state index in [2.05, 4.69) is 32.0 Å². The van der Waals surface area contributed by atoms with Crippen LogP contribution in [0.1, 0.15) is 40.2 Å². The molecule has 0 N–H and O–H groups in total. The van der Waals surface area contributed by atoms with Crippen molar-refractivity contribution in [3.05, 3.63) is 53.2 Å². The third-order valence-corrected chi connectivity index (χ3v) is 3.31. The van der Waals surface area contributed by atoms with Gasteiger partial charge in [0.15, 0.2) is 6.20 Å². The SMILES string of the molecule is [2H]C([2H])(c1ccc(-c2ccc(C)cc2C)[n+](C)c1)C(C)(C)C. The Balaban J connectivity index is 2.51. The van der Waals surface area contributed by atoms with E-state index in [1.807, 2.05) is 50.7 Å². The molecule has 0 spiro atoms. The highest BCUT2D eigenvalue weighted by Gasteiger charge is 2.16. The van der Waals surface area contributed by atoms with Crippen LogP contribution in [0, 0.1) is 19.3 Å². The first-order valence-corrected chi connectivity index (χ1v) is 7.12. The van der Waals surface area contributed by atoms with Crippen molar-refractivity contribution < 1.29 is 7.31 Å². The van der Waals surface area contributed by atoms with Gasteiger partial charge in [-0.3, -0.25) is 0 Å². The van der Waals surface area contributed by atoms with Crippen molar-refractivity contribution in [1.82, 2.24) is 0 Å². The number of nitrogens with zero attached hydrogens (tertiary/aromatic N) is 1. The van der Waals surface area contributed by atoms with E-state index in [0.717, 1.165) is 11.3 Å². The number of aryl methyl sites for hydroxylation is 3. The van der Waals surface area contributed by atoms with Gasteiger partial charge in [0.2, 0.25) is 5.69 Å². The van der Waals surface area contributed by atoms with Crippen molar-refractivity contribution >= 4 is 0 Å². The van der Waals surface area contributed by atoms with Crippen LogP contribution in [0.15, 0.2) is 36.5 Å². The highest BCUT2D eigenvalue weighted by molar-refractivity contribution is 5.61. The Morgan fingerprint density at radius 3 is 2.35 bits per heavy atom. The minimum absolute atomic E-state index is 0.443. The molecule has 1 aromatic carbocycles. The molecule has 0 unspecified atom stereocenters. The molecule has 0 aliphatic heterocycles. The quantitative estimate of drug-likeness (QED) is 0.713. The topological polar surface area (TPSA) is 3.88 Å². The summed E-state index contributed by atoms with van der Waals surface area (Å²) in [5.74, 6) is 0. The molecule has 2 rings (SSSR count). The van der Waals surface area contributed by atoms with E-state index in [1.165, 1.54) is 16.7 Å². The van der Waals surface area contributed by atoms with Crippen LogP contribution < -0.4 is 4.57 Å². The Hall–Kier alpha value is -1.63. The number of pyridine rings is 1. The van der Waals surface area contributed by atoms with Gasteiger partial charge in [-0.15, -0.1) is 0 Å². The maximum Gasteiger partial charge on any atom is 0.212 e. The molecule has 0 aliphatic rings. The number of hydrogen-bond donors (Lipinski definition) is 0. The summed E-state index contributed by atoms with van der Waals surface area (Å²) in [6, 6.07) is 10.4. The lowest BCUT2D eigenvalue weighted by molar-refractivity contribution is -0.660. The summed E-state index contributed by atoms with van der Waals surface area (Å²) < 4.78 is 18.9. The normalized spacial score (nSPS) is 13.9. The van der Waals surface area contributed by atoms with Crippen LogP contribution in [-0.2, 0) is 13.4 Å². The van der Waals surface area contributed by atoms with Gasteiger partial charge in [0, 0.05) is 19.9 Å². The summed E-state index contributed by atoms with van der Waals surface area (Å²) in [6.07, 6.45) is 0.547. The summed E-state index contributed by atoms with van der Waals surface area (Å²) in [5.41, 5.74) is 5.06. The molecular weight excluding hydrogens is 242 g/mol. The molecule has 0 aliphatic carbocycles. The Labute approximate surface area is 126 Å². The van der Waals surface area contributed by atoms with Gasteiger partial charge < -0.3 is 0 Å². The van der Waals surface area contributed by atoms with Gasteiger partial charge in [-0.25, -0.2) is 4.57 Å². The molecule has 0 saturated heterocycles. The fourth-order valence-electron chi connectivity index (χ4n) is 2.50. The van der Waals surface area contributed by atoms with Gasteiger partial charge in [0.1, 0.15) is 7.05 Å². The first-order chi connectivity index (χ1) is 10.0. The van der Waals surface area contributed by atoms with Crippen LogP contribution in [0.25, 0.3) is 11.3 Å². The van der Waals surface area contributed by atoms with E-state index in [0.29, 0.717) is 0 Å². The van der Waals surface area contributed by atoms with Crippen LogP contribution in [0.5, 0.6) is 0 Å². The summed E-state index contributed by atoms with van der Waals surface area (Å²) in [5, 5.41) is 0.